The maximum atomic E-state index is 12.1. The molecule has 1 fully saturated rings. The Kier molecular flexibility index (Phi) is 11.7. The lowest BCUT2D eigenvalue weighted by Gasteiger charge is -2.36. The third kappa shape index (κ3) is 9.54. The zero-order valence-electron chi connectivity index (χ0n) is 23.5. The maximum absolute atomic E-state index is 12.1. The third-order valence-electron chi connectivity index (χ3n) is 6.69. The summed E-state index contributed by atoms with van der Waals surface area (Å²) in [7, 11) is 2.15. The van der Waals surface area contributed by atoms with Crippen LogP contribution < -0.4 is 15.0 Å². The molecule has 0 bridgehead atoms. The number of carbonyl (C=O) groups excluding carboxylic acids is 1. The number of rotatable bonds is 8. The molecule has 0 unspecified atom stereocenters. The van der Waals surface area contributed by atoms with Gasteiger partial charge in [0.15, 0.2) is 0 Å². The van der Waals surface area contributed by atoms with E-state index < -0.39 is 6.09 Å². The molecule has 0 aromatic heterocycles. The van der Waals surface area contributed by atoms with Crippen molar-refractivity contribution in [3.8, 4) is 5.75 Å². The van der Waals surface area contributed by atoms with Crippen molar-refractivity contribution in [1.82, 2.24) is 9.80 Å². The molecular weight excluding hydrogens is 476 g/mol. The molecule has 1 amide bonds. The van der Waals surface area contributed by atoms with Crippen molar-refractivity contribution in [3.63, 3.8) is 0 Å². The van der Waals surface area contributed by atoms with Crippen LogP contribution in [0.25, 0.3) is 0 Å². The fraction of sp³-hybridized carbons (Fsp3) is 0.452. The number of carbonyl (C=O) groups is 1. The van der Waals surface area contributed by atoms with E-state index in [2.05, 4.69) is 77.8 Å². The molecule has 1 saturated heterocycles. The molecule has 2 heterocycles. The van der Waals surface area contributed by atoms with Gasteiger partial charge in [-0.25, -0.2) is 4.79 Å². The molecule has 0 spiro atoms. The van der Waals surface area contributed by atoms with E-state index in [1.165, 1.54) is 35.4 Å². The molecule has 206 valence electrons. The van der Waals surface area contributed by atoms with Crippen molar-refractivity contribution in [2.24, 2.45) is 0 Å². The topological polar surface area (TPSA) is 57.3 Å². The summed E-state index contributed by atoms with van der Waals surface area (Å²) in [5, 5.41) is 2.75. The Morgan fingerprint density at radius 2 is 1.82 bits per heavy atom. The minimum Gasteiger partial charge on any atom is -0.492 e. The van der Waals surface area contributed by atoms with Crippen molar-refractivity contribution in [1.29, 1.82) is 0 Å². The van der Waals surface area contributed by atoms with Gasteiger partial charge in [0.25, 0.3) is 0 Å². The number of nitrogens with zero attached hydrogens (tertiary/aromatic N) is 3. The first kappa shape index (κ1) is 29.3. The van der Waals surface area contributed by atoms with E-state index in [0.29, 0.717) is 24.7 Å². The summed E-state index contributed by atoms with van der Waals surface area (Å²) in [5.74, 6) is 0.647. The van der Waals surface area contributed by atoms with E-state index in [0.717, 1.165) is 39.3 Å². The quantitative estimate of drug-likeness (QED) is 0.490. The normalized spacial score (nSPS) is 16.1. The minimum atomic E-state index is -0.453. The first-order valence-corrected chi connectivity index (χ1v) is 13.6. The SMILES string of the molecule is C=C(C)C1=CCCN(C)C1.CCOc1ccccc1NC(=O)OCCN1CCN(c2cccc(C)c2)CC1. The van der Waals surface area contributed by atoms with Crippen molar-refractivity contribution in [3.05, 3.63) is 77.9 Å². The number of anilines is 2. The first-order valence-electron chi connectivity index (χ1n) is 13.6. The van der Waals surface area contributed by atoms with Crippen molar-refractivity contribution in [2.75, 3.05) is 76.3 Å². The van der Waals surface area contributed by atoms with Gasteiger partial charge in [-0.1, -0.05) is 42.5 Å². The van der Waals surface area contributed by atoms with Gasteiger partial charge < -0.3 is 19.3 Å². The van der Waals surface area contributed by atoms with E-state index in [4.69, 9.17) is 9.47 Å². The second kappa shape index (κ2) is 15.2. The average Bonchev–Trinajstić information content (AvgIpc) is 2.91. The zero-order chi connectivity index (χ0) is 27.3. The van der Waals surface area contributed by atoms with Crippen LogP contribution in [0.15, 0.2) is 72.3 Å². The number of benzene rings is 2. The zero-order valence-corrected chi connectivity index (χ0v) is 23.5. The van der Waals surface area contributed by atoms with Gasteiger partial charge in [0, 0.05) is 51.5 Å². The number of hydrogen-bond donors (Lipinski definition) is 1. The van der Waals surface area contributed by atoms with Crippen LogP contribution in [0, 0.1) is 6.92 Å². The summed E-state index contributed by atoms with van der Waals surface area (Å²) < 4.78 is 10.9. The van der Waals surface area contributed by atoms with Crippen LogP contribution in [-0.4, -0.2) is 82.0 Å². The molecule has 7 nitrogen and oxygen atoms in total. The average molecular weight is 521 g/mol. The van der Waals surface area contributed by atoms with Gasteiger partial charge in [0.2, 0.25) is 0 Å². The highest BCUT2D eigenvalue weighted by atomic mass is 16.5. The molecule has 4 rings (SSSR count). The van der Waals surface area contributed by atoms with Crippen LogP contribution in [0.4, 0.5) is 16.2 Å². The second-order valence-electron chi connectivity index (χ2n) is 9.89. The second-order valence-corrected chi connectivity index (χ2v) is 9.89. The third-order valence-corrected chi connectivity index (χ3v) is 6.69. The lowest BCUT2D eigenvalue weighted by atomic mass is 10.0. The Bertz CT molecular complexity index is 1080. The number of piperazine rings is 1. The standard InChI is InChI=1S/C22H29N3O3.C9H15N/c1-3-27-21-10-5-4-9-20(21)23-22(26)28-16-15-24-11-13-25(14-12-24)19-8-6-7-18(2)17-19;1-8(2)9-5-4-6-10(3)7-9/h4-10,17H,3,11-16H2,1-2H3,(H,23,26);5H,1,4,6-7H2,2-3H3. The van der Waals surface area contributed by atoms with Gasteiger partial charge in [0.05, 0.1) is 12.3 Å². The van der Waals surface area contributed by atoms with Crippen LogP contribution in [0.3, 0.4) is 0 Å². The van der Waals surface area contributed by atoms with E-state index in [1.807, 2.05) is 25.1 Å². The number of para-hydroxylation sites is 2. The molecule has 7 heteroatoms. The molecule has 0 radical (unpaired) electrons. The van der Waals surface area contributed by atoms with Crippen molar-refractivity contribution in [2.45, 2.75) is 27.2 Å². The summed E-state index contributed by atoms with van der Waals surface area (Å²) in [6, 6.07) is 16.0. The van der Waals surface area contributed by atoms with Gasteiger partial charge >= 0.3 is 6.09 Å². The molecule has 38 heavy (non-hydrogen) atoms. The van der Waals surface area contributed by atoms with Crippen LogP contribution in [0.5, 0.6) is 5.75 Å². The van der Waals surface area contributed by atoms with Crippen LogP contribution in [0.1, 0.15) is 25.8 Å². The molecule has 2 aliphatic rings. The molecule has 0 aliphatic carbocycles. The lowest BCUT2D eigenvalue weighted by molar-refractivity contribution is 0.137. The highest BCUT2D eigenvalue weighted by Crippen LogP contribution is 2.23. The summed E-state index contributed by atoms with van der Waals surface area (Å²) in [6.07, 6.45) is 3.02. The maximum Gasteiger partial charge on any atom is 0.411 e. The van der Waals surface area contributed by atoms with Crippen molar-refractivity contribution >= 4 is 17.5 Å². The predicted molar refractivity (Wildman–Crippen MR) is 157 cm³/mol. The smallest absolute Gasteiger partial charge is 0.411 e. The van der Waals surface area contributed by atoms with Gasteiger partial charge in [-0.15, -0.1) is 0 Å². The molecular formula is C31H44N4O3. The van der Waals surface area contributed by atoms with Crippen molar-refractivity contribution < 1.29 is 14.3 Å². The highest BCUT2D eigenvalue weighted by Gasteiger charge is 2.17. The molecule has 0 atom stereocenters. The van der Waals surface area contributed by atoms with E-state index in [9.17, 15) is 4.79 Å². The lowest BCUT2D eigenvalue weighted by Crippen LogP contribution is -2.47. The molecule has 2 aromatic rings. The number of ether oxygens (including phenoxy) is 2. The summed E-state index contributed by atoms with van der Waals surface area (Å²) in [4.78, 5) is 19.1. The van der Waals surface area contributed by atoms with E-state index in [-0.39, 0.29) is 0 Å². The minimum absolute atomic E-state index is 0.368. The Balaban J connectivity index is 0.000000336. The Labute approximate surface area is 228 Å². The van der Waals surface area contributed by atoms with Gasteiger partial charge in [-0.2, -0.15) is 0 Å². The molecule has 2 aliphatic heterocycles. The summed E-state index contributed by atoms with van der Waals surface area (Å²) in [5.41, 5.74) is 5.81. The van der Waals surface area contributed by atoms with Crippen LogP contribution >= 0.6 is 0 Å². The summed E-state index contributed by atoms with van der Waals surface area (Å²) in [6.45, 7) is 17.8. The number of likely N-dealkylation sites (N-methyl/N-ethyl adjacent to an activating group) is 1. The number of nitrogens with one attached hydrogen (secondary N) is 1. The molecule has 1 N–H and O–H groups in total. The van der Waals surface area contributed by atoms with Gasteiger partial charge in [-0.05, 0) is 69.6 Å². The molecule has 2 aromatic carbocycles. The van der Waals surface area contributed by atoms with E-state index >= 15 is 0 Å². The van der Waals surface area contributed by atoms with Crippen LogP contribution in [-0.2, 0) is 4.74 Å². The predicted octanol–water partition coefficient (Wildman–Crippen LogP) is 5.59. The Morgan fingerprint density at radius 1 is 1.05 bits per heavy atom. The summed E-state index contributed by atoms with van der Waals surface area (Å²) >= 11 is 0. The first-order chi connectivity index (χ1) is 18.4. The molecule has 0 saturated carbocycles. The fourth-order valence-corrected chi connectivity index (χ4v) is 4.52. The number of aryl methyl sites for hydroxylation is 1. The number of hydrogen-bond acceptors (Lipinski definition) is 6. The monoisotopic (exact) mass is 520 g/mol. The highest BCUT2D eigenvalue weighted by molar-refractivity contribution is 5.86. The number of amides is 1. The largest absolute Gasteiger partial charge is 0.492 e. The Morgan fingerprint density at radius 3 is 2.47 bits per heavy atom. The Hall–Kier alpha value is -3.29. The van der Waals surface area contributed by atoms with Gasteiger partial charge in [-0.3, -0.25) is 10.2 Å². The van der Waals surface area contributed by atoms with Crippen LogP contribution in [0.2, 0.25) is 0 Å². The van der Waals surface area contributed by atoms with Gasteiger partial charge in [0.1, 0.15) is 12.4 Å². The van der Waals surface area contributed by atoms with E-state index in [1.54, 1.807) is 6.07 Å². The fourth-order valence-electron chi connectivity index (χ4n) is 4.52.